The third kappa shape index (κ3) is 9.69. The van der Waals surface area contributed by atoms with Crippen molar-refractivity contribution in [3.8, 4) is 0 Å². The molecule has 2 atom stereocenters. The van der Waals surface area contributed by atoms with Crippen LogP contribution in [0, 0.1) is 11.8 Å². The number of hydrogen-bond acceptors (Lipinski definition) is 4. The number of amides is 4. The Labute approximate surface area is 149 Å². The standard InChI is InChI=1S/C17H32N4O4/c1-5-7-14(23)21-15(11(2)3)13(22)10-12(16(24)19-4)8-6-9-20-17(18)25/h11-12,15H,5-10H2,1-4H3,(H,19,24)(H,21,23)(H3,18,20,25)/t12-,15+/m1/s1. The average Bonchev–Trinajstić information content (AvgIpc) is 2.54. The molecule has 0 spiro atoms. The Morgan fingerprint density at radius 1 is 1.12 bits per heavy atom. The molecule has 0 heterocycles. The Bertz CT molecular complexity index is 466. The average molecular weight is 356 g/mol. The Morgan fingerprint density at radius 3 is 2.24 bits per heavy atom. The van der Waals surface area contributed by atoms with Crippen LogP contribution in [0.15, 0.2) is 0 Å². The van der Waals surface area contributed by atoms with Crippen LogP contribution in [0.1, 0.15) is 52.9 Å². The summed E-state index contributed by atoms with van der Waals surface area (Å²) >= 11 is 0. The van der Waals surface area contributed by atoms with E-state index in [1.54, 1.807) is 0 Å². The number of carbonyl (C=O) groups excluding carboxylic acids is 4. The Balaban J connectivity index is 4.80. The molecule has 0 fully saturated rings. The second-order valence-electron chi connectivity index (χ2n) is 6.45. The number of hydrogen-bond donors (Lipinski definition) is 4. The summed E-state index contributed by atoms with van der Waals surface area (Å²) in [5.74, 6) is -1.10. The lowest BCUT2D eigenvalue weighted by molar-refractivity contribution is -0.132. The van der Waals surface area contributed by atoms with Gasteiger partial charge >= 0.3 is 6.03 Å². The van der Waals surface area contributed by atoms with Gasteiger partial charge in [0.2, 0.25) is 11.8 Å². The summed E-state index contributed by atoms with van der Waals surface area (Å²) in [6.45, 7) is 5.96. The summed E-state index contributed by atoms with van der Waals surface area (Å²) < 4.78 is 0. The zero-order valence-electron chi connectivity index (χ0n) is 15.7. The number of carbonyl (C=O) groups is 4. The highest BCUT2D eigenvalue weighted by atomic mass is 16.2. The van der Waals surface area contributed by atoms with E-state index in [1.807, 2.05) is 20.8 Å². The van der Waals surface area contributed by atoms with Gasteiger partial charge in [0.15, 0.2) is 5.78 Å². The molecule has 0 aromatic carbocycles. The number of nitrogens with two attached hydrogens (primary N) is 1. The van der Waals surface area contributed by atoms with Crippen LogP contribution in [0.5, 0.6) is 0 Å². The molecule has 0 aliphatic carbocycles. The van der Waals surface area contributed by atoms with Crippen molar-refractivity contribution in [2.75, 3.05) is 13.6 Å². The molecule has 0 aromatic heterocycles. The van der Waals surface area contributed by atoms with Crippen LogP contribution >= 0.6 is 0 Å². The van der Waals surface area contributed by atoms with Crippen LogP contribution in [0.3, 0.4) is 0 Å². The van der Waals surface area contributed by atoms with Gasteiger partial charge in [-0.2, -0.15) is 0 Å². The normalized spacial score (nSPS) is 13.0. The third-order valence-corrected chi connectivity index (χ3v) is 3.90. The molecule has 4 amide bonds. The molecule has 0 radical (unpaired) electrons. The van der Waals surface area contributed by atoms with Crippen molar-refractivity contribution < 1.29 is 19.2 Å². The fraction of sp³-hybridized carbons (Fsp3) is 0.765. The number of primary amides is 1. The van der Waals surface area contributed by atoms with Gasteiger partial charge in [0.05, 0.1) is 6.04 Å². The van der Waals surface area contributed by atoms with Gasteiger partial charge in [0, 0.05) is 32.4 Å². The first-order valence-corrected chi connectivity index (χ1v) is 8.79. The maximum absolute atomic E-state index is 12.6. The minimum atomic E-state index is -0.619. The predicted octanol–water partition coefficient (Wildman–Crippen LogP) is 0.697. The van der Waals surface area contributed by atoms with E-state index in [0.717, 1.165) is 0 Å². The van der Waals surface area contributed by atoms with Crippen LogP contribution in [-0.4, -0.2) is 43.3 Å². The second kappa shape index (κ2) is 12.3. The molecular formula is C17H32N4O4. The van der Waals surface area contributed by atoms with Crippen LogP contribution in [0.4, 0.5) is 4.79 Å². The van der Waals surface area contributed by atoms with Crippen molar-refractivity contribution in [2.45, 2.75) is 58.9 Å². The molecule has 0 aromatic rings. The van der Waals surface area contributed by atoms with Gasteiger partial charge in [-0.25, -0.2) is 4.79 Å². The molecule has 0 aliphatic heterocycles. The van der Waals surface area contributed by atoms with Crippen LogP contribution in [-0.2, 0) is 14.4 Å². The van der Waals surface area contributed by atoms with Crippen LogP contribution in [0.25, 0.3) is 0 Å². The Kier molecular flexibility index (Phi) is 11.2. The molecule has 8 heteroatoms. The molecule has 25 heavy (non-hydrogen) atoms. The Hall–Kier alpha value is -2.12. The highest BCUT2D eigenvalue weighted by Crippen LogP contribution is 2.16. The second-order valence-corrected chi connectivity index (χ2v) is 6.45. The lowest BCUT2D eigenvalue weighted by Gasteiger charge is -2.23. The van der Waals surface area contributed by atoms with Gasteiger partial charge in [-0.05, 0) is 25.2 Å². The number of Topliss-reactive ketones (excluding diaryl/α,β-unsaturated/α-hetero) is 1. The molecule has 8 nitrogen and oxygen atoms in total. The summed E-state index contributed by atoms with van der Waals surface area (Å²) in [6, 6.07) is -1.22. The summed E-state index contributed by atoms with van der Waals surface area (Å²) in [4.78, 5) is 47.1. The highest BCUT2D eigenvalue weighted by Gasteiger charge is 2.28. The van der Waals surface area contributed by atoms with Gasteiger partial charge in [-0.15, -0.1) is 0 Å². The van der Waals surface area contributed by atoms with Gasteiger partial charge in [0.1, 0.15) is 0 Å². The van der Waals surface area contributed by atoms with Crippen molar-refractivity contribution in [1.29, 1.82) is 0 Å². The van der Waals surface area contributed by atoms with Gasteiger partial charge in [-0.3, -0.25) is 14.4 Å². The third-order valence-electron chi connectivity index (χ3n) is 3.90. The molecule has 0 bridgehead atoms. The van der Waals surface area contributed by atoms with E-state index >= 15 is 0 Å². The van der Waals surface area contributed by atoms with E-state index < -0.39 is 18.0 Å². The molecule has 144 valence electrons. The van der Waals surface area contributed by atoms with Crippen molar-refractivity contribution >= 4 is 23.6 Å². The van der Waals surface area contributed by atoms with E-state index in [0.29, 0.717) is 32.2 Å². The molecule has 0 rings (SSSR count). The molecular weight excluding hydrogens is 324 g/mol. The number of ketones is 1. The fourth-order valence-electron chi connectivity index (χ4n) is 2.55. The minimum absolute atomic E-state index is 0.0471. The van der Waals surface area contributed by atoms with E-state index in [-0.39, 0.29) is 29.9 Å². The van der Waals surface area contributed by atoms with E-state index in [1.165, 1.54) is 7.05 Å². The topological polar surface area (TPSA) is 130 Å². The fourth-order valence-corrected chi connectivity index (χ4v) is 2.55. The minimum Gasteiger partial charge on any atom is -0.359 e. The van der Waals surface area contributed by atoms with Crippen molar-refractivity contribution in [3.05, 3.63) is 0 Å². The molecule has 5 N–H and O–H groups in total. The summed E-state index contributed by atoms with van der Waals surface area (Å²) in [6.07, 6.45) is 2.10. The van der Waals surface area contributed by atoms with Crippen molar-refractivity contribution in [2.24, 2.45) is 17.6 Å². The zero-order chi connectivity index (χ0) is 19.4. The number of nitrogens with one attached hydrogen (secondary N) is 3. The first-order chi connectivity index (χ1) is 11.7. The van der Waals surface area contributed by atoms with E-state index in [4.69, 9.17) is 5.73 Å². The monoisotopic (exact) mass is 356 g/mol. The summed E-state index contributed by atoms with van der Waals surface area (Å²) in [7, 11) is 1.52. The summed E-state index contributed by atoms with van der Waals surface area (Å²) in [5, 5.41) is 7.78. The van der Waals surface area contributed by atoms with Crippen LogP contribution in [0.2, 0.25) is 0 Å². The van der Waals surface area contributed by atoms with Crippen LogP contribution < -0.4 is 21.7 Å². The molecule has 0 aliphatic rings. The SMILES string of the molecule is CCCC(=O)N[C@H](C(=O)C[C@@H](CCCNC(N)=O)C(=O)NC)C(C)C. The highest BCUT2D eigenvalue weighted by molar-refractivity contribution is 5.92. The smallest absolute Gasteiger partial charge is 0.312 e. The van der Waals surface area contributed by atoms with Crippen molar-refractivity contribution in [1.82, 2.24) is 16.0 Å². The Morgan fingerprint density at radius 2 is 1.76 bits per heavy atom. The molecule has 0 unspecified atom stereocenters. The maximum Gasteiger partial charge on any atom is 0.312 e. The quantitative estimate of drug-likeness (QED) is 0.383. The first kappa shape index (κ1) is 22.9. The maximum atomic E-state index is 12.6. The van der Waals surface area contributed by atoms with E-state index in [9.17, 15) is 19.2 Å². The van der Waals surface area contributed by atoms with Gasteiger partial charge in [-0.1, -0.05) is 20.8 Å². The molecule has 0 saturated carbocycles. The zero-order valence-corrected chi connectivity index (χ0v) is 15.7. The number of urea groups is 1. The van der Waals surface area contributed by atoms with Crippen molar-refractivity contribution in [3.63, 3.8) is 0 Å². The largest absolute Gasteiger partial charge is 0.359 e. The lowest BCUT2D eigenvalue weighted by Crippen LogP contribution is -2.45. The van der Waals surface area contributed by atoms with Gasteiger partial charge in [0.25, 0.3) is 0 Å². The summed E-state index contributed by atoms with van der Waals surface area (Å²) in [5.41, 5.74) is 5.00. The molecule has 0 saturated heterocycles. The predicted molar refractivity (Wildman–Crippen MR) is 95.7 cm³/mol. The van der Waals surface area contributed by atoms with Gasteiger partial charge < -0.3 is 21.7 Å². The lowest BCUT2D eigenvalue weighted by atomic mass is 9.89. The van der Waals surface area contributed by atoms with E-state index in [2.05, 4.69) is 16.0 Å². The number of rotatable bonds is 12. The first-order valence-electron chi connectivity index (χ1n) is 8.79.